The van der Waals surface area contributed by atoms with Gasteiger partial charge in [0.05, 0.1) is 16.3 Å². The van der Waals surface area contributed by atoms with Crippen LogP contribution in [0.15, 0.2) is 23.4 Å². The molecule has 1 aromatic carbocycles. The second kappa shape index (κ2) is 11.9. The van der Waals surface area contributed by atoms with E-state index in [2.05, 4.69) is 42.4 Å². The molecule has 1 aliphatic carbocycles. The Labute approximate surface area is 241 Å². The Kier molecular flexibility index (Phi) is 8.98. The average Bonchev–Trinajstić information content (AvgIpc) is 3.42. The summed E-state index contributed by atoms with van der Waals surface area (Å²) >= 11 is 15.0. The molecule has 2 unspecified atom stereocenters. The predicted octanol–water partition coefficient (Wildman–Crippen LogP) is 7.47. The van der Waals surface area contributed by atoms with Crippen molar-refractivity contribution in [2.45, 2.75) is 64.6 Å². The van der Waals surface area contributed by atoms with Gasteiger partial charge in [-0.2, -0.15) is 5.26 Å². The fourth-order valence-corrected chi connectivity index (χ4v) is 7.13. The van der Waals surface area contributed by atoms with Crippen molar-refractivity contribution in [2.75, 3.05) is 11.1 Å². The van der Waals surface area contributed by atoms with E-state index in [1.807, 2.05) is 14.0 Å². The zero-order valence-corrected chi connectivity index (χ0v) is 25.2. The molecule has 1 aliphatic rings. The predicted molar refractivity (Wildman–Crippen MR) is 154 cm³/mol. The lowest BCUT2D eigenvalue weighted by Gasteiger charge is -2.36. The highest BCUT2D eigenvalue weighted by atomic mass is 35.5. The number of anilines is 1. The Hall–Kier alpha value is -2.25. The summed E-state index contributed by atoms with van der Waals surface area (Å²) in [6.07, 6.45) is 3.61. The molecule has 0 saturated heterocycles. The molecule has 0 spiro atoms. The topological polar surface area (TPSA) is 92.8 Å². The van der Waals surface area contributed by atoms with Crippen molar-refractivity contribution in [1.82, 2.24) is 14.8 Å². The highest BCUT2D eigenvalue weighted by Gasteiger charge is 2.34. The van der Waals surface area contributed by atoms with Gasteiger partial charge < -0.3 is 14.6 Å². The Morgan fingerprint density at radius 1 is 1.39 bits per heavy atom. The first-order valence-corrected chi connectivity index (χ1v) is 15.1. The van der Waals surface area contributed by atoms with E-state index in [1.54, 1.807) is 34.1 Å². The third kappa shape index (κ3) is 6.15. The van der Waals surface area contributed by atoms with Crippen LogP contribution in [0, 0.1) is 22.7 Å². The minimum absolute atomic E-state index is 0.142. The van der Waals surface area contributed by atoms with Crippen molar-refractivity contribution in [2.24, 2.45) is 18.4 Å². The molecule has 2 aromatic heterocycles. The largest absolute Gasteiger partial charge is 0.481 e. The number of aromatic nitrogens is 3. The van der Waals surface area contributed by atoms with Crippen molar-refractivity contribution in [3.63, 3.8) is 0 Å². The molecule has 202 valence electrons. The van der Waals surface area contributed by atoms with Crippen molar-refractivity contribution in [3.8, 4) is 11.8 Å². The number of rotatable bonds is 9. The number of nitrogens with one attached hydrogen (secondary N) is 1. The van der Waals surface area contributed by atoms with Gasteiger partial charge in [-0.25, -0.2) is 0 Å². The van der Waals surface area contributed by atoms with Crippen LogP contribution in [0.1, 0.15) is 68.5 Å². The highest BCUT2D eigenvalue weighted by Crippen LogP contribution is 2.45. The number of thioether (sulfide) groups is 1. The highest BCUT2D eigenvalue weighted by molar-refractivity contribution is 7.99. The standard InChI is InChI=1S/C27H31Cl2N5O2S2/c1-6-27(3,4)16-7-9-18-19(13-30)25(38-22(18)11-16)31-23(35)14-37-26-33-32-24(34(26)5)15(2)36-21-10-8-17(28)12-20(21)29/h8,10,12,15-16H,6-7,9,11,14H2,1-5H3,(H,31,35). The van der Waals surface area contributed by atoms with Crippen LogP contribution in [-0.4, -0.2) is 26.4 Å². The van der Waals surface area contributed by atoms with E-state index in [0.29, 0.717) is 43.3 Å². The summed E-state index contributed by atoms with van der Waals surface area (Å²) in [6, 6.07) is 7.37. The van der Waals surface area contributed by atoms with E-state index < -0.39 is 6.10 Å². The van der Waals surface area contributed by atoms with Crippen molar-refractivity contribution in [3.05, 3.63) is 50.1 Å². The maximum Gasteiger partial charge on any atom is 0.235 e. The van der Waals surface area contributed by atoms with Crippen molar-refractivity contribution < 1.29 is 9.53 Å². The fraction of sp³-hybridized carbons (Fsp3) is 0.481. The number of hydrogen-bond donors (Lipinski definition) is 1. The second-order valence-corrected chi connectivity index (χ2v) is 13.1. The molecule has 0 aliphatic heterocycles. The van der Waals surface area contributed by atoms with Gasteiger partial charge in [0, 0.05) is 16.9 Å². The summed E-state index contributed by atoms with van der Waals surface area (Å²) in [7, 11) is 1.83. The second-order valence-electron chi connectivity index (χ2n) is 10.2. The molecule has 11 heteroatoms. The van der Waals surface area contributed by atoms with Crippen LogP contribution < -0.4 is 10.1 Å². The lowest BCUT2D eigenvalue weighted by Crippen LogP contribution is -2.28. The third-order valence-electron chi connectivity index (χ3n) is 7.41. The molecule has 2 heterocycles. The van der Waals surface area contributed by atoms with Gasteiger partial charge in [-0.05, 0) is 61.3 Å². The molecule has 4 rings (SSSR count). The molecule has 0 saturated carbocycles. The minimum atomic E-state index is -0.425. The Bertz CT molecular complexity index is 1380. The molecule has 1 N–H and O–H groups in total. The van der Waals surface area contributed by atoms with Crippen LogP contribution in [0.5, 0.6) is 5.75 Å². The van der Waals surface area contributed by atoms with Crippen LogP contribution in [-0.2, 0) is 24.7 Å². The molecule has 0 radical (unpaired) electrons. The maximum atomic E-state index is 12.9. The smallest absolute Gasteiger partial charge is 0.235 e. The first-order valence-electron chi connectivity index (χ1n) is 12.5. The van der Waals surface area contributed by atoms with Crippen LogP contribution in [0.4, 0.5) is 5.00 Å². The van der Waals surface area contributed by atoms with Gasteiger partial charge in [-0.3, -0.25) is 4.79 Å². The molecule has 0 fully saturated rings. The van der Waals surface area contributed by atoms with Crippen LogP contribution in [0.3, 0.4) is 0 Å². The van der Waals surface area contributed by atoms with Gasteiger partial charge in [-0.15, -0.1) is 21.5 Å². The summed E-state index contributed by atoms with van der Waals surface area (Å²) in [5, 5.41) is 23.5. The normalized spacial score (nSPS) is 16.0. The number of hydrogen-bond acceptors (Lipinski definition) is 7. The number of amides is 1. The summed E-state index contributed by atoms with van der Waals surface area (Å²) in [5.41, 5.74) is 1.98. The van der Waals surface area contributed by atoms with E-state index in [-0.39, 0.29) is 17.1 Å². The number of benzene rings is 1. The van der Waals surface area contributed by atoms with Crippen molar-refractivity contribution >= 4 is 57.2 Å². The molecular formula is C27H31Cl2N5O2S2. The summed E-state index contributed by atoms with van der Waals surface area (Å²) in [6.45, 7) is 8.72. The Morgan fingerprint density at radius 3 is 2.84 bits per heavy atom. The number of nitriles is 1. The summed E-state index contributed by atoms with van der Waals surface area (Å²) in [5.74, 6) is 1.63. The number of carbonyl (C=O) groups excluding carboxylic acids is 1. The van der Waals surface area contributed by atoms with Gasteiger partial charge in [0.2, 0.25) is 5.91 Å². The van der Waals surface area contributed by atoms with Gasteiger partial charge >= 0.3 is 0 Å². The van der Waals surface area contributed by atoms with Gasteiger partial charge in [-0.1, -0.05) is 62.2 Å². The molecule has 38 heavy (non-hydrogen) atoms. The number of nitrogens with zero attached hydrogens (tertiary/aromatic N) is 4. The molecular weight excluding hydrogens is 561 g/mol. The molecule has 2 atom stereocenters. The van der Waals surface area contributed by atoms with Gasteiger partial charge in [0.1, 0.15) is 16.8 Å². The first kappa shape index (κ1) is 28.8. The molecule has 3 aromatic rings. The lowest BCUT2D eigenvalue weighted by atomic mass is 9.69. The fourth-order valence-electron chi connectivity index (χ4n) is 4.66. The monoisotopic (exact) mass is 591 g/mol. The molecule has 0 bridgehead atoms. The van der Waals surface area contributed by atoms with Gasteiger partial charge in [0.25, 0.3) is 0 Å². The lowest BCUT2D eigenvalue weighted by molar-refractivity contribution is -0.113. The van der Waals surface area contributed by atoms with E-state index in [9.17, 15) is 10.1 Å². The molecule has 1 amide bonds. The minimum Gasteiger partial charge on any atom is -0.481 e. The van der Waals surface area contributed by atoms with Crippen LogP contribution >= 0.6 is 46.3 Å². The SMILES string of the molecule is CCC(C)(C)C1CCc2c(sc(NC(=O)CSc3nnc(C(C)Oc4ccc(Cl)cc4Cl)n3C)c2C#N)C1. The van der Waals surface area contributed by atoms with E-state index in [0.717, 1.165) is 31.2 Å². The Balaban J connectivity index is 1.39. The van der Waals surface area contributed by atoms with E-state index >= 15 is 0 Å². The van der Waals surface area contributed by atoms with Crippen molar-refractivity contribution in [1.29, 1.82) is 5.26 Å². The van der Waals surface area contributed by atoms with Crippen LogP contribution in [0.2, 0.25) is 10.0 Å². The molecule has 7 nitrogen and oxygen atoms in total. The zero-order valence-electron chi connectivity index (χ0n) is 22.1. The summed E-state index contributed by atoms with van der Waals surface area (Å²) < 4.78 is 7.75. The van der Waals surface area contributed by atoms with E-state index in [1.165, 1.54) is 16.6 Å². The zero-order chi connectivity index (χ0) is 27.6. The average molecular weight is 593 g/mol. The Morgan fingerprint density at radius 2 is 2.16 bits per heavy atom. The quantitative estimate of drug-likeness (QED) is 0.259. The number of carbonyl (C=O) groups is 1. The first-order chi connectivity index (χ1) is 18.0. The summed E-state index contributed by atoms with van der Waals surface area (Å²) in [4.78, 5) is 14.1. The van der Waals surface area contributed by atoms with Gasteiger partial charge in [0.15, 0.2) is 17.1 Å². The maximum absolute atomic E-state index is 12.9. The van der Waals surface area contributed by atoms with Crippen LogP contribution in [0.25, 0.3) is 0 Å². The number of ether oxygens (including phenoxy) is 1. The third-order valence-corrected chi connectivity index (χ3v) is 10.1. The number of fused-ring (bicyclic) bond motifs is 1. The number of halogens is 2. The number of thiophene rings is 1. The van der Waals surface area contributed by atoms with E-state index in [4.69, 9.17) is 27.9 Å².